The first-order chi connectivity index (χ1) is 7.58. The normalized spacial score (nSPS) is 10.4. The second-order valence-electron chi connectivity index (χ2n) is 3.46. The number of hydrogen-bond acceptors (Lipinski definition) is 5. The van der Waals surface area contributed by atoms with Crippen molar-refractivity contribution in [3.05, 3.63) is 22.7 Å². The van der Waals surface area contributed by atoms with E-state index in [2.05, 4.69) is 26.1 Å². The molecule has 84 valence electrons. The van der Waals surface area contributed by atoms with E-state index in [9.17, 15) is 5.11 Å². The summed E-state index contributed by atoms with van der Waals surface area (Å²) in [6.07, 6.45) is 0. The SMILES string of the molecule is CN(C)c1noc(-c2ccc(Br)cc2O)n1. The molecule has 0 saturated carbocycles. The maximum Gasteiger partial charge on any atom is 0.265 e. The van der Waals surface area contributed by atoms with Crippen molar-refractivity contribution < 1.29 is 9.63 Å². The molecule has 5 nitrogen and oxygen atoms in total. The Balaban J connectivity index is 2.42. The molecule has 6 heteroatoms. The summed E-state index contributed by atoms with van der Waals surface area (Å²) >= 11 is 3.26. The number of rotatable bonds is 2. The van der Waals surface area contributed by atoms with Gasteiger partial charge in [0.15, 0.2) is 0 Å². The molecule has 16 heavy (non-hydrogen) atoms. The van der Waals surface area contributed by atoms with Crippen LogP contribution in [0.25, 0.3) is 11.5 Å². The third kappa shape index (κ3) is 2.01. The minimum Gasteiger partial charge on any atom is -0.507 e. The number of anilines is 1. The average molecular weight is 284 g/mol. The highest BCUT2D eigenvalue weighted by Crippen LogP contribution is 2.31. The molecule has 2 aromatic rings. The van der Waals surface area contributed by atoms with Gasteiger partial charge in [-0.25, -0.2) is 0 Å². The van der Waals surface area contributed by atoms with E-state index < -0.39 is 0 Å². The van der Waals surface area contributed by atoms with E-state index in [1.807, 2.05) is 14.1 Å². The molecule has 0 aliphatic carbocycles. The second-order valence-corrected chi connectivity index (χ2v) is 4.37. The molecule has 2 rings (SSSR count). The number of halogens is 1. The van der Waals surface area contributed by atoms with Crippen LogP contribution in [0.1, 0.15) is 0 Å². The van der Waals surface area contributed by atoms with Crippen molar-refractivity contribution in [2.45, 2.75) is 0 Å². The average Bonchev–Trinajstić information content (AvgIpc) is 2.66. The fourth-order valence-electron chi connectivity index (χ4n) is 1.19. The Morgan fingerprint density at radius 3 is 2.69 bits per heavy atom. The Morgan fingerprint density at radius 2 is 2.12 bits per heavy atom. The van der Waals surface area contributed by atoms with Crippen molar-refractivity contribution in [1.29, 1.82) is 0 Å². The van der Waals surface area contributed by atoms with Crippen molar-refractivity contribution in [2.24, 2.45) is 0 Å². The standard InChI is InChI=1S/C10H10BrN3O2/c1-14(2)10-12-9(16-13-10)7-4-3-6(11)5-8(7)15/h3-5,15H,1-2H3. The first-order valence-electron chi connectivity index (χ1n) is 4.58. The summed E-state index contributed by atoms with van der Waals surface area (Å²) in [6, 6.07) is 5.09. The molecule has 0 fully saturated rings. The van der Waals surface area contributed by atoms with E-state index in [4.69, 9.17) is 4.52 Å². The zero-order chi connectivity index (χ0) is 11.7. The van der Waals surface area contributed by atoms with E-state index in [1.165, 1.54) is 0 Å². The van der Waals surface area contributed by atoms with Gasteiger partial charge in [0.2, 0.25) is 0 Å². The molecule has 0 bridgehead atoms. The minimum absolute atomic E-state index is 0.100. The lowest BCUT2D eigenvalue weighted by atomic mass is 10.2. The van der Waals surface area contributed by atoms with Crippen molar-refractivity contribution in [3.63, 3.8) is 0 Å². The van der Waals surface area contributed by atoms with Gasteiger partial charge in [0, 0.05) is 18.6 Å². The topological polar surface area (TPSA) is 62.4 Å². The highest BCUT2D eigenvalue weighted by molar-refractivity contribution is 9.10. The number of aromatic nitrogens is 2. The molecule has 1 N–H and O–H groups in total. The number of phenols is 1. The smallest absolute Gasteiger partial charge is 0.265 e. The van der Waals surface area contributed by atoms with Crippen LogP contribution in [0.5, 0.6) is 5.75 Å². The van der Waals surface area contributed by atoms with Crippen LogP contribution in [0.3, 0.4) is 0 Å². The van der Waals surface area contributed by atoms with Gasteiger partial charge >= 0.3 is 0 Å². The highest BCUT2D eigenvalue weighted by Gasteiger charge is 2.13. The molecule has 1 aromatic heterocycles. The Bertz CT molecular complexity index is 511. The van der Waals surface area contributed by atoms with Gasteiger partial charge in [-0.1, -0.05) is 15.9 Å². The number of nitrogens with zero attached hydrogens (tertiary/aromatic N) is 3. The summed E-state index contributed by atoms with van der Waals surface area (Å²) in [6.45, 7) is 0. The van der Waals surface area contributed by atoms with Gasteiger partial charge in [-0.15, -0.1) is 0 Å². The zero-order valence-corrected chi connectivity index (χ0v) is 10.4. The van der Waals surface area contributed by atoms with E-state index >= 15 is 0 Å². The van der Waals surface area contributed by atoms with E-state index in [-0.39, 0.29) is 5.75 Å². The van der Waals surface area contributed by atoms with Crippen LogP contribution in [0, 0.1) is 0 Å². The largest absolute Gasteiger partial charge is 0.507 e. The molecule has 0 radical (unpaired) electrons. The predicted octanol–water partition coefficient (Wildman–Crippen LogP) is 2.27. The zero-order valence-electron chi connectivity index (χ0n) is 8.81. The maximum atomic E-state index is 9.72. The summed E-state index contributed by atoms with van der Waals surface area (Å²) in [5, 5.41) is 13.5. The van der Waals surface area contributed by atoms with Crippen LogP contribution < -0.4 is 4.90 Å². The second kappa shape index (κ2) is 4.13. The Morgan fingerprint density at radius 1 is 1.38 bits per heavy atom. The number of phenolic OH excluding ortho intramolecular Hbond substituents is 1. The lowest BCUT2D eigenvalue weighted by molar-refractivity contribution is 0.424. The lowest BCUT2D eigenvalue weighted by Crippen LogP contribution is -2.09. The Labute approximate surface area is 101 Å². The fourth-order valence-corrected chi connectivity index (χ4v) is 1.54. The molecular formula is C10H10BrN3O2. The van der Waals surface area contributed by atoms with Gasteiger partial charge in [0.1, 0.15) is 5.75 Å². The van der Waals surface area contributed by atoms with Gasteiger partial charge in [-0.2, -0.15) is 4.98 Å². The minimum atomic E-state index is 0.100. The van der Waals surface area contributed by atoms with Crippen LogP contribution in [-0.2, 0) is 0 Å². The van der Waals surface area contributed by atoms with Gasteiger partial charge in [0.25, 0.3) is 11.8 Å². The quantitative estimate of drug-likeness (QED) is 0.916. The summed E-state index contributed by atoms with van der Waals surface area (Å²) in [5.41, 5.74) is 0.517. The molecule has 0 aliphatic rings. The Kier molecular flexibility index (Phi) is 2.82. The molecule has 0 spiro atoms. The molecular weight excluding hydrogens is 274 g/mol. The maximum absolute atomic E-state index is 9.72. The van der Waals surface area contributed by atoms with Gasteiger partial charge in [0.05, 0.1) is 5.56 Å². The summed E-state index contributed by atoms with van der Waals surface area (Å²) in [5.74, 6) is 0.870. The third-order valence-electron chi connectivity index (χ3n) is 2.01. The van der Waals surface area contributed by atoms with E-state index in [1.54, 1.807) is 23.1 Å². The number of hydrogen-bond donors (Lipinski definition) is 1. The van der Waals surface area contributed by atoms with Crippen LogP contribution in [0.2, 0.25) is 0 Å². The van der Waals surface area contributed by atoms with Crippen molar-refractivity contribution >= 4 is 21.9 Å². The molecule has 0 amide bonds. The Hall–Kier alpha value is -1.56. The first kappa shape index (κ1) is 10.9. The summed E-state index contributed by atoms with van der Waals surface area (Å²) in [7, 11) is 3.63. The summed E-state index contributed by atoms with van der Waals surface area (Å²) < 4.78 is 5.85. The summed E-state index contributed by atoms with van der Waals surface area (Å²) in [4.78, 5) is 5.87. The predicted molar refractivity (Wildman–Crippen MR) is 63.4 cm³/mol. The first-order valence-corrected chi connectivity index (χ1v) is 5.37. The molecule has 0 saturated heterocycles. The monoisotopic (exact) mass is 283 g/mol. The van der Waals surface area contributed by atoms with Crippen molar-refractivity contribution in [1.82, 2.24) is 10.1 Å². The lowest BCUT2D eigenvalue weighted by Gasteiger charge is -2.02. The van der Waals surface area contributed by atoms with Gasteiger partial charge in [-0.05, 0) is 23.4 Å². The molecule has 0 atom stereocenters. The number of benzene rings is 1. The molecule has 1 aromatic carbocycles. The van der Waals surface area contributed by atoms with Gasteiger partial charge in [-0.3, -0.25) is 0 Å². The van der Waals surface area contributed by atoms with E-state index in [0.717, 1.165) is 4.47 Å². The molecule has 0 aliphatic heterocycles. The van der Waals surface area contributed by atoms with Crippen LogP contribution in [0.15, 0.2) is 27.2 Å². The number of aromatic hydroxyl groups is 1. The van der Waals surface area contributed by atoms with Crippen molar-refractivity contribution in [3.8, 4) is 17.2 Å². The van der Waals surface area contributed by atoms with E-state index in [0.29, 0.717) is 17.4 Å². The van der Waals surface area contributed by atoms with Crippen LogP contribution in [-0.4, -0.2) is 29.3 Å². The van der Waals surface area contributed by atoms with Gasteiger partial charge < -0.3 is 14.5 Å². The molecule has 1 heterocycles. The van der Waals surface area contributed by atoms with Crippen LogP contribution >= 0.6 is 15.9 Å². The third-order valence-corrected chi connectivity index (χ3v) is 2.50. The van der Waals surface area contributed by atoms with Crippen LogP contribution in [0.4, 0.5) is 5.95 Å². The molecule has 0 unspecified atom stereocenters. The highest BCUT2D eigenvalue weighted by atomic mass is 79.9. The van der Waals surface area contributed by atoms with Crippen molar-refractivity contribution in [2.75, 3.05) is 19.0 Å². The fraction of sp³-hybridized carbons (Fsp3) is 0.200.